The quantitative estimate of drug-likeness (QED) is 0.947. The maximum Gasteiger partial charge on any atom is 0.416 e. The van der Waals surface area contributed by atoms with E-state index in [-0.39, 0.29) is 18.0 Å². The number of carbonyl (C=O) groups excluding carboxylic acids is 1. The molecule has 4 nitrogen and oxygen atoms in total. The van der Waals surface area contributed by atoms with Gasteiger partial charge in [0, 0.05) is 25.9 Å². The van der Waals surface area contributed by atoms with Gasteiger partial charge in [0.2, 0.25) is 5.56 Å². The van der Waals surface area contributed by atoms with Crippen molar-refractivity contribution in [1.82, 2.24) is 9.88 Å². The van der Waals surface area contributed by atoms with Crippen LogP contribution in [0.1, 0.15) is 21.5 Å². The van der Waals surface area contributed by atoms with Gasteiger partial charge in [-0.25, -0.2) is 0 Å². The van der Waals surface area contributed by atoms with Gasteiger partial charge in [-0.2, -0.15) is 13.2 Å². The predicted molar refractivity (Wildman–Crippen MR) is 74.3 cm³/mol. The first-order valence-electron chi connectivity index (χ1n) is 6.38. The summed E-state index contributed by atoms with van der Waals surface area (Å²) >= 11 is 0. The minimum absolute atomic E-state index is 0.163. The molecule has 0 fully saturated rings. The molecule has 2 rings (SSSR count). The van der Waals surface area contributed by atoms with Crippen LogP contribution in [0.5, 0.6) is 0 Å². The van der Waals surface area contributed by atoms with Gasteiger partial charge >= 0.3 is 6.18 Å². The van der Waals surface area contributed by atoms with Crippen LogP contribution in [0.15, 0.2) is 47.4 Å². The molecule has 2 aromatic rings. The van der Waals surface area contributed by atoms with Gasteiger partial charge in [0.1, 0.15) is 0 Å². The molecule has 0 aliphatic heterocycles. The third kappa shape index (κ3) is 3.75. The van der Waals surface area contributed by atoms with Crippen molar-refractivity contribution >= 4 is 5.91 Å². The number of H-pyrrole nitrogens is 1. The van der Waals surface area contributed by atoms with E-state index >= 15 is 0 Å². The Bertz CT molecular complexity index is 700. The van der Waals surface area contributed by atoms with Crippen molar-refractivity contribution < 1.29 is 18.0 Å². The van der Waals surface area contributed by atoms with Crippen LogP contribution in [0.3, 0.4) is 0 Å². The lowest BCUT2D eigenvalue weighted by Crippen LogP contribution is -2.26. The molecule has 7 heteroatoms. The summed E-state index contributed by atoms with van der Waals surface area (Å²) in [6, 6.07) is 7.25. The van der Waals surface area contributed by atoms with Gasteiger partial charge in [-0.05, 0) is 23.8 Å². The van der Waals surface area contributed by atoms with Crippen molar-refractivity contribution in [3.8, 4) is 0 Å². The fourth-order valence-electron chi connectivity index (χ4n) is 1.91. The SMILES string of the molecule is CN(Cc1ccc(C(F)(F)F)cc1)C(=O)c1ccc(=O)[nH]c1. The van der Waals surface area contributed by atoms with Gasteiger partial charge in [-0.1, -0.05) is 12.1 Å². The summed E-state index contributed by atoms with van der Waals surface area (Å²) in [5, 5.41) is 0. The standard InChI is InChI=1S/C15H13F3N2O2/c1-20(14(22)11-4-7-13(21)19-8-11)9-10-2-5-12(6-3-10)15(16,17)18/h2-8H,9H2,1H3,(H,19,21). The molecule has 0 aliphatic carbocycles. The molecule has 22 heavy (non-hydrogen) atoms. The largest absolute Gasteiger partial charge is 0.416 e. The first-order chi connectivity index (χ1) is 10.3. The van der Waals surface area contributed by atoms with E-state index in [2.05, 4.69) is 4.98 Å². The topological polar surface area (TPSA) is 53.2 Å². The Hall–Kier alpha value is -2.57. The van der Waals surface area contributed by atoms with E-state index in [9.17, 15) is 22.8 Å². The molecule has 0 bridgehead atoms. The normalized spacial score (nSPS) is 11.3. The number of benzene rings is 1. The third-order valence-corrected chi connectivity index (χ3v) is 3.08. The Balaban J connectivity index is 2.08. The maximum atomic E-state index is 12.5. The summed E-state index contributed by atoms with van der Waals surface area (Å²) in [6.07, 6.45) is -3.08. The number of pyridine rings is 1. The van der Waals surface area contributed by atoms with Crippen molar-refractivity contribution in [3.05, 3.63) is 69.6 Å². The summed E-state index contributed by atoms with van der Waals surface area (Å²) < 4.78 is 37.4. The smallest absolute Gasteiger partial charge is 0.337 e. The van der Waals surface area contributed by atoms with Crippen LogP contribution in [-0.4, -0.2) is 22.8 Å². The van der Waals surface area contributed by atoms with Gasteiger partial charge in [-0.3, -0.25) is 9.59 Å². The molecular weight excluding hydrogens is 297 g/mol. The predicted octanol–water partition coefficient (Wildman–Crippen LogP) is 2.67. The average Bonchev–Trinajstić information content (AvgIpc) is 2.47. The minimum atomic E-state index is -4.38. The zero-order valence-corrected chi connectivity index (χ0v) is 11.6. The number of nitrogens with zero attached hydrogens (tertiary/aromatic N) is 1. The van der Waals surface area contributed by atoms with Crippen LogP contribution in [-0.2, 0) is 12.7 Å². The number of carbonyl (C=O) groups is 1. The number of aromatic nitrogens is 1. The zero-order valence-electron chi connectivity index (χ0n) is 11.6. The van der Waals surface area contributed by atoms with E-state index in [1.54, 1.807) is 0 Å². The highest BCUT2D eigenvalue weighted by Crippen LogP contribution is 2.29. The summed E-state index contributed by atoms with van der Waals surface area (Å²) in [4.78, 5) is 26.8. The van der Waals surface area contributed by atoms with Crippen molar-refractivity contribution in [2.45, 2.75) is 12.7 Å². The molecule has 0 atom stereocenters. The number of halogens is 3. The summed E-state index contributed by atoms with van der Waals surface area (Å²) in [6.45, 7) is 0.163. The van der Waals surface area contributed by atoms with Crippen molar-refractivity contribution in [1.29, 1.82) is 0 Å². The molecule has 1 aromatic carbocycles. The van der Waals surface area contributed by atoms with Crippen LogP contribution in [0.4, 0.5) is 13.2 Å². The van der Waals surface area contributed by atoms with Gasteiger partial charge in [0.15, 0.2) is 0 Å². The third-order valence-electron chi connectivity index (χ3n) is 3.08. The summed E-state index contributed by atoms with van der Waals surface area (Å²) in [7, 11) is 1.53. The highest BCUT2D eigenvalue weighted by molar-refractivity contribution is 5.93. The van der Waals surface area contributed by atoms with E-state index in [0.717, 1.165) is 12.1 Å². The second-order valence-corrected chi connectivity index (χ2v) is 4.80. The average molecular weight is 310 g/mol. The lowest BCUT2D eigenvalue weighted by Gasteiger charge is -2.17. The first-order valence-corrected chi connectivity index (χ1v) is 6.38. The number of alkyl halides is 3. The van der Waals surface area contributed by atoms with Crippen LogP contribution in [0, 0.1) is 0 Å². The van der Waals surface area contributed by atoms with E-state index < -0.39 is 11.7 Å². The monoisotopic (exact) mass is 310 g/mol. The Kier molecular flexibility index (Phi) is 4.35. The first kappa shape index (κ1) is 15.8. The highest BCUT2D eigenvalue weighted by atomic mass is 19.4. The molecule has 1 aromatic heterocycles. The Morgan fingerprint density at radius 1 is 1.14 bits per heavy atom. The minimum Gasteiger partial charge on any atom is -0.337 e. The Morgan fingerprint density at radius 3 is 2.27 bits per heavy atom. The molecule has 0 radical (unpaired) electrons. The number of nitrogens with one attached hydrogen (secondary N) is 1. The number of hydrogen-bond donors (Lipinski definition) is 1. The Labute approximate surface area is 124 Å². The van der Waals surface area contributed by atoms with E-state index in [4.69, 9.17) is 0 Å². The van der Waals surface area contributed by atoms with Gasteiger partial charge in [0.05, 0.1) is 11.1 Å². The maximum absolute atomic E-state index is 12.5. The van der Waals surface area contributed by atoms with Gasteiger partial charge in [-0.15, -0.1) is 0 Å². The number of amides is 1. The lowest BCUT2D eigenvalue weighted by molar-refractivity contribution is -0.137. The highest BCUT2D eigenvalue weighted by Gasteiger charge is 2.29. The van der Waals surface area contributed by atoms with E-state index in [1.807, 2.05) is 0 Å². The molecule has 0 spiro atoms. The van der Waals surface area contributed by atoms with E-state index in [1.165, 1.54) is 42.4 Å². The second-order valence-electron chi connectivity index (χ2n) is 4.80. The molecular formula is C15H13F3N2O2. The second kappa shape index (κ2) is 6.05. The summed E-state index contributed by atoms with van der Waals surface area (Å²) in [5.74, 6) is -0.337. The summed E-state index contributed by atoms with van der Waals surface area (Å²) in [5.41, 5.74) is -0.171. The molecule has 116 valence electrons. The fraction of sp³-hybridized carbons (Fsp3) is 0.200. The molecule has 1 amide bonds. The Morgan fingerprint density at radius 2 is 1.77 bits per heavy atom. The van der Waals surface area contributed by atoms with Crippen LogP contribution >= 0.6 is 0 Å². The molecule has 1 heterocycles. The van der Waals surface area contributed by atoms with Gasteiger partial charge in [0.25, 0.3) is 5.91 Å². The molecule has 0 saturated carbocycles. The van der Waals surface area contributed by atoms with Gasteiger partial charge < -0.3 is 9.88 Å². The number of rotatable bonds is 3. The number of aromatic amines is 1. The van der Waals surface area contributed by atoms with Crippen molar-refractivity contribution in [2.75, 3.05) is 7.05 Å². The van der Waals surface area contributed by atoms with E-state index in [0.29, 0.717) is 11.1 Å². The molecule has 0 unspecified atom stereocenters. The molecule has 1 N–H and O–H groups in total. The lowest BCUT2D eigenvalue weighted by atomic mass is 10.1. The van der Waals surface area contributed by atoms with Crippen LogP contribution in [0.2, 0.25) is 0 Å². The number of hydrogen-bond acceptors (Lipinski definition) is 2. The van der Waals surface area contributed by atoms with Crippen molar-refractivity contribution in [2.24, 2.45) is 0 Å². The van der Waals surface area contributed by atoms with Crippen LogP contribution in [0.25, 0.3) is 0 Å². The fourth-order valence-corrected chi connectivity index (χ4v) is 1.91. The van der Waals surface area contributed by atoms with Crippen molar-refractivity contribution in [3.63, 3.8) is 0 Å². The van der Waals surface area contributed by atoms with Crippen LogP contribution < -0.4 is 5.56 Å². The molecule has 0 aliphatic rings. The zero-order chi connectivity index (χ0) is 16.3. The molecule has 0 saturated heterocycles.